The van der Waals surface area contributed by atoms with E-state index in [2.05, 4.69) is 4.98 Å². The number of aromatic nitrogens is 1. The van der Waals surface area contributed by atoms with E-state index in [9.17, 15) is 23.3 Å². The molecule has 4 rings (SSSR count). The van der Waals surface area contributed by atoms with Crippen LogP contribution in [0, 0.1) is 17.0 Å². The van der Waals surface area contributed by atoms with Gasteiger partial charge < -0.3 is 9.80 Å². The third-order valence-electron chi connectivity index (χ3n) is 5.97. The van der Waals surface area contributed by atoms with Crippen LogP contribution < -0.4 is 4.90 Å². The summed E-state index contributed by atoms with van der Waals surface area (Å²) in [5.41, 5.74) is 0.900. The number of amides is 1. The Hall–Kier alpha value is -3.05. The second-order valence-electron chi connectivity index (χ2n) is 8.03. The Morgan fingerprint density at radius 3 is 2.34 bits per heavy atom. The van der Waals surface area contributed by atoms with Crippen molar-refractivity contribution in [3.63, 3.8) is 0 Å². The highest BCUT2D eigenvalue weighted by molar-refractivity contribution is 7.89. The smallest absolute Gasteiger partial charge is 0.287 e. The number of nitro groups is 1. The summed E-state index contributed by atoms with van der Waals surface area (Å²) in [5, 5.41) is 10.8. The number of aryl methyl sites for hydroxylation is 1. The third-order valence-corrected chi connectivity index (χ3v) is 7.90. The van der Waals surface area contributed by atoms with Gasteiger partial charge in [-0.15, -0.1) is 0 Å². The van der Waals surface area contributed by atoms with Crippen molar-refractivity contribution < 1.29 is 18.1 Å². The first-order valence-corrected chi connectivity index (χ1v) is 11.9. The number of pyridine rings is 1. The van der Waals surface area contributed by atoms with Gasteiger partial charge in [-0.05, 0) is 38.0 Å². The number of rotatable bonds is 5. The number of sulfonamides is 1. The molecular formula is C21H25N5O5S. The molecule has 0 aliphatic carbocycles. The van der Waals surface area contributed by atoms with Gasteiger partial charge in [0.25, 0.3) is 5.69 Å². The van der Waals surface area contributed by atoms with E-state index in [1.807, 2.05) is 11.8 Å². The van der Waals surface area contributed by atoms with E-state index < -0.39 is 21.0 Å². The SMILES string of the molecule is Cc1ccc(S(=O)(=O)N2CCC[C@H]2C(=O)N2CCN(c3ccc([N+](=O)[O-])cn3)CC2)cc1. The van der Waals surface area contributed by atoms with Crippen LogP contribution in [0.15, 0.2) is 47.5 Å². The molecule has 11 heteroatoms. The maximum atomic E-state index is 13.2. The van der Waals surface area contributed by atoms with E-state index in [4.69, 9.17) is 0 Å². The van der Waals surface area contributed by atoms with Gasteiger partial charge in [0.15, 0.2) is 0 Å². The number of carbonyl (C=O) groups excluding carboxylic acids is 1. The van der Waals surface area contributed by atoms with Crippen LogP contribution in [0.4, 0.5) is 11.5 Å². The first-order chi connectivity index (χ1) is 15.3. The van der Waals surface area contributed by atoms with Gasteiger partial charge in [0.1, 0.15) is 18.1 Å². The Bertz CT molecular complexity index is 1100. The van der Waals surface area contributed by atoms with Crippen molar-refractivity contribution >= 4 is 27.4 Å². The van der Waals surface area contributed by atoms with Crippen molar-refractivity contribution in [1.29, 1.82) is 0 Å². The quantitative estimate of drug-likeness (QED) is 0.494. The number of anilines is 1. The fraction of sp³-hybridized carbons (Fsp3) is 0.429. The molecule has 3 heterocycles. The van der Waals surface area contributed by atoms with Crippen LogP contribution >= 0.6 is 0 Å². The fourth-order valence-corrected chi connectivity index (χ4v) is 5.81. The number of benzene rings is 1. The minimum Gasteiger partial charge on any atom is -0.353 e. The highest BCUT2D eigenvalue weighted by atomic mass is 32.2. The average molecular weight is 460 g/mol. The Balaban J connectivity index is 1.42. The predicted molar refractivity (Wildman–Crippen MR) is 118 cm³/mol. The van der Waals surface area contributed by atoms with E-state index >= 15 is 0 Å². The molecule has 1 atom stereocenters. The summed E-state index contributed by atoms with van der Waals surface area (Å²) in [6.07, 6.45) is 2.38. The molecule has 0 spiro atoms. The number of hydrogen-bond acceptors (Lipinski definition) is 7. The lowest BCUT2D eigenvalue weighted by Crippen LogP contribution is -2.54. The highest BCUT2D eigenvalue weighted by Crippen LogP contribution is 2.28. The van der Waals surface area contributed by atoms with Gasteiger partial charge in [-0.1, -0.05) is 17.7 Å². The maximum absolute atomic E-state index is 13.2. The van der Waals surface area contributed by atoms with Crippen molar-refractivity contribution in [2.75, 3.05) is 37.6 Å². The van der Waals surface area contributed by atoms with Gasteiger partial charge in [-0.3, -0.25) is 14.9 Å². The highest BCUT2D eigenvalue weighted by Gasteiger charge is 2.41. The standard InChI is InChI=1S/C21H25N5O5S/c1-16-4-7-18(8-5-16)32(30,31)25-10-2-3-19(25)21(27)24-13-11-23(12-14-24)20-9-6-17(15-22-20)26(28)29/h4-9,15,19H,2-3,10-14H2,1H3/t19-/m0/s1. The van der Waals surface area contributed by atoms with Crippen molar-refractivity contribution in [3.8, 4) is 0 Å². The molecule has 0 N–H and O–H groups in total. The summed E-state index contributed by atoms with van der Waals surface area (Å²) in [5.74, 6) is 0.446. The second-order valence-corrected chi connectivity index (χ2v) is 9.92. The molecular weight excluding hydrogens is 434 g/mol. The number of nitrogens with zero attached hydrogens (tertiary/aromatic N) is 5. The normalized spacial score (nSPS) is 19.8. The number of carbonyl (C=O) groups is 1. The van der Waals surface area contributed by atoms with Gasteiger partial charge in [0.05, 0.1) is 9.82 Å². The molecule has 10 nitrogen and oxygen atoms in total. The first kappa shape index (κ1) is 22.2. The van der Waals surface area contributed by atoms with Crippen molar-refractivity contribution in [2.24, 2.45) is 0 Å². The van der Waals surface area contributed by atoms with Crippen LogP contribution in [0.25, 0.3) is 0 Å². The second kappa shape index (κ2) is 8.83. The maximum Gasteiger partial charge on any atom is 0.287 e. The molecule has 2 aromatic rings. The van der Waals surface area contributed by atoms with E-state index in [0.717, 1.165) is 5.56 Å². The molecule has 0 bridgehead atoms. The van der Waals surface area contributed by atoms with Crippen LogP contribution in [0.3, 0.4) is 0 Å². The molecule has 2 fully saturated rings. The summed E-state index contributed by atoms with van der Waals surface area (Å²) in [7, 11) is -3.74. The van der Waals surface area contributed by atoms with E-state index in [0.29, 0.717) is 51.4 Å². The molecule has 0 radical (unpaired) electrons. The molecule has 1 amide bonds. The first-order valence-electron chi connectivity index (χ1n) is 10.5. The lowest BCUT2D eigenvalue weighted by molar-refractivity contribution is -0.385. The molecule has 32 heavy (non-hydrogen) atoms. The lowest BCUT2D eigenvalue weighted by atomic mass is 10.2. The molecule has 0 saturated carbocycles. The Morgan fingerprint density at radius 1 is 1.06 bits per heavy atom. The molecule has 2 aliphatic rings. The number of piperazine rings is 1. The van der Waals surface area contributed by atoms with Crippen molar-refractivity contribution in [1.82, 2.24) is 14.2 Å². The zero-order chi connectivity index (χ0) is 22.9. The lowest BCUT2D eigenvalue weighted by Gasteiger charge is -2.37. The molecule has 2 saturated heterocycles. The largest absolute Gasteiger partial charge is 0.353 e. The predicted octanol–water partition coefficient (Wildman–Crippen LogP) is 1.80. The molecule has 1 aromatic heterocycles. The minimum atomic E-state index is -3.74. The summed E-state index contributed by atoms with van der Waals surface area (Å²) in [4.78, 5) is 31.5. The van der Waals surface area contributed by atoms with Gasteiger partial charge in [0.2, 0.25) is 15.9 Å². The summed E-state index contributed by atoms with van der Waals surface area (Å²) in [6, 6.07) is 9.00. The van der Waals surface area contributed by atoms with Crippen LogP contribution in [0.2, 0.25) is 0 Å². The van der Waals surface area contributed by atoms with Crippen molar-refractivity contribution in [3.05, 3.63) is 58.3 Å². The topological polar surface area (TPSA) is 117 Å². The van der Waals surface area contributed by atoms with Crippen molar-refractivity contribution in [2.45, 2.75) is 30.7 Å². The molecule has 170 valence electrons. The van der Waals surface area contributed by atoms with Gasteiger partial charge in [-0.2, -0.15) is 4.31 Å². The number of hydrogen-bond donors (Lipinski definition) is 0. The van der Waals surface area contributed by atoms with Crippen LogP contribution in [-0.2, 0) is 14.8 Å². The van der Waals surface area contributed by atoms with Gasteiger partial charge in [0, 0.05) is 38.8 Å². The summed E-state index contributed by atoms with van der Waals surface area (Å²) < 4.78 is 27.6. The Labute approximate surface area is 186 Å². The molecule has 1 aromatic carbocycles. The van der Waals surface area contributed by atoms with E-state index in [-0.39, 0.29) is 16.5 Å². The summed E-state index contributed by atoms with van der Waals surface area (Å²) >= 11 is 0. The zero-order valence-electron chi connectivity index (χ0n) is 17.8. The minimum absolute atomic E-state index is 0.0707. The van der Waals surface area contributed by atoms with Gasteiger partial charge >= 0.3 is 0 Å². The average Bonchev–Trinajstić information content (AvgIpc) is 3.30. The molecule has 0 unspecified atom stereocenters. The van der Waals surface area contributed by atoms with Crippen LogP contribution in [0.1, 0.15) is 18.4 Å². The van der Waals surface area contributed by atoms with Gasteiger partial charge in [-0.25, -0.2) is 13.4 Å². The zero-order valence-corrected chi connectivity index (χ0v) is 18.6. The summed E-state index contributed by atoms with van der Waals surface area (Å²) in [6.45, 7) is 4.14. The fourth-order valence-electron chi connectivity index (χ4n) is 4.16. The van der Waals surface area contributed by atoms with E-state index in [1.165, 1.54) is 16.6 Å². The van der Waals surface area contributed by atoms with Crippen LogP contribution in [-0.4, -0.2) is 72.2 Å². The van der Waals surface area contributed by atoms with E-state index in [1.54, 1.807) is 35.2 Å². The Morgan fingerprint density at radius 2 is 1.75 bits per heavy atom. The Kier molecular flexibility index (Phi) is 6.11. The monoisotopic (exact) mass is 459 g/mol. The molecule has 2 aliphatic heterocycles. The third kappa shape index (κ3) is 4.30. The van der Waals surface area contributed by atoms with Crippen LogP contribution in [0.5, 0.6) is 0 Å².